The molecule has 0 aliphatic heterocycles. The van der Waals surface area contributed by atoms with E-state index in [0.29, 0.717) is 22.4 Å². The lowest BCUT2D eigenvalue weighted by Crippen LogP contribution is -2.17. The average Bonchev–Trinajstić information content (AvgIpc) is 2.97. The zero-order valence-corrected chi connectivity index (χ0v) is 11.8. The summed E-state index contributed by atoms with van der Waals surface area (Å²) in [7, 11) is 1.59. The Balaban J connectivity index is 2.00. The number of nitrogens with two attached hydrogens (primary N) is 1. The Bertz CT molecular complexity index is 917. The van der Waals surface area contributed by atoms with Gasteiger partial charge in [0.2, 0.25) is 0 Å². The van der Waals surface area contributed by atoms with E-state index in [-0.39, 0.29) is 5.91 Å². The minimum absolute atomic E-state index is 0.145. The van der Waals surface area contributed by atoms with Crippen molar-refractivity contribution in [2.45, 2.75) is 0 Å². The number of nitrogens with zero attached hydrogens (tertiary/aromatic N) is 2. The van der Waals surface area contributed by atoms with E-state index in [2.05, 4.69) is 32.1 Å². The van der Waals surface area contributed by atoms with Crippen molar-refractivity contribution < 1.29 is 4.79 Å². The zero-order valence-electron chi connectivity index (χ0n) is 11.8. The molecule has 108 valence electrons. The molecule has 0 bridgehead atoms. The maximum Gasteiger partial charge on any atom is 0.251 e. The molecule has 3 aromatic rings. The first kappa shape index (κ1) is 13.6. The summed E-state index contributed by atoms with van der Waals surface area (Å²) >= 11 is 0. The highest BCUT2D eigenvalue weighted by atomic mass is 16.1. The van der Waals surface area contributed by atoms with Gasteiger partial charge in [-0.05, 0) is 18.2 Å². The van der Waals surface area contributed by atoms with Crippen LogP contribution in [0.3, 0.4) is 0 Å². The van der Waals surface area contributed by atoms with Gasteiger partial charge in [-0.15, -0.1) is 0 Å². The van der Waals surface area contributed by atoms with Crippen LogP contribution in [0.1, 0.15) is 21.5 Å². The van der Waals surface area contributed by atoms with Crippen LogP contribution in [0.5, 0.6) is 0 Å². The van der Waals surface area contributed by atoms with E-state index in [1.165, 1.54) is 6.33 Å². The van der Waals surface area contributed by atoms with Crippen molar-refractivity contribution in [2.24, 2.45) is 0 Å². The molecule has 0 fully saturated rings. The normalized spacial score (nSPS) is 10.0. The van der Waals surface area contributed by atoms with Crippen molar-refractivity contribution in [2.75, 3.05) is 12.8 Å². The van der Waals surface area contributed by atoms with E-state index in [9.17, 15) is 4.79 Å². The molecule has 2 heterocycles. The van der Waals surface area contributed by atoms with Crippen molar-refractivity contribution in [3.8, 4) is 11.8 Å². The van der Waals surface area contributed by atoms with Gasteiger partial charge in [-0.2, -0.15) is 0 Å². The molecule has 6 nitrogen and oxygen atoms in total. The molecule has 1 aromatic carbocycles. The summed E-state index contributed by atoms with van der Waals surface area (Å²) in [6, 6.07) is 7.11. The van der Waals surface area contributed by atoms with E-state index in [1.807, 2.05) is 6.07 Å². The van der Waals surface area contributed by atoms with Gasteiger partial charge in [0.05, 0.1) is 10.9 Å². The summed E-state index contributed by atoms with van der Waals surface area (Å²) in [5, 5.41) is 3.29. The number of benzene rings is 1. The molecule has 0 aliphatic rings. The zero-order chi connectivity index (χ0) is 15.5. The summed E-state index contributed by atoms with van der Waals surface area (Å²) in [5.41, 5.74) is 8.54. The number of hydrogen-bond donors (Lipinski definition) is 3. The predicted molar refractivity (Wildman–Crippen MR) is 84.1 cm³/mol. The third kappa shape index (κ3) is 2.47. The molecule has 0 saturated heterocycles. The molecule has 0 radical (unpaired) electrons. The number of aromatic amines is 1. The Labute approximate surface area is 126 Å². The quantitative estimate of drug-likeness (QED) is 0.589. The molecular weight excluding hydrogens is 278 g/mol. The number of rotatable bonds is 1. The van der Waals surface area contributed by atoms with Crippen LogP contribution in [-0.2, 0) is 0 Å². The van der Waals surface area contributed by atoms with Crippen molar-refractivity contribution in [1.29, 1.82) is 0 Å². The van der Waals surface area contributed by atoms with Crippen LogP contribution in [0.25, 0.3) is 11.0 Å². The van der Waals surface area contributed by atoms with Crippen LogP contribution in [0.2, 0.25) is 0 Å². The largest absolute Gasteiger partial charge is 0.383 e. The van der Waals surface area contributed by atoms with E-state index in [1.54, 1.807) is 31.4 Å². The number of carbonyl (C=O) groups excluding carboxylic acids is 1. The Morgan fingerprint density at radius 3 is 3.00 bits per heavy atom. The lowest BCUT2D eigenvalue weighted by atomic mass is 10.1. The lowest BCUT2D eigenvalue weighted by Gasteiger charge is -1.99. The topological polar surface area (TPSA) is 96.7 Å². The fourth-order valence-corrected chi connectivity index (χ4v) is 2.11. The number of hydrogen-bond acceptors (Lipinski definition) is 4. The summed E-state index contributed by atoms with van der Waals surface area (Å²) < 4.78 is 0. The number of fused-ring (bicyclic) bond motifs is 1. The third-order valence-corrected chi connectivity index (χ3v) is 3.19. The van der Waals surface area contributed by atoms with Crippen LogP contribution in [-0.4, -0.2) is 27.9 Å². The summed E-state index contributed by atoms with van der Waals surface area (Å²) in [4.78, 5) is 22.7. The molecule has 4 N–H and O–H groups in total. The molecule has 0 spiro atoms. The van der Waals surface area contributed by atoms with Crippen LogP contribution >= 0.6 is 0 Å². The van der Waals surface area contributed by atoms with E-state index >= 15 is 0 Å². The Hall–Kier alpha value is -3.33. The first-order valence-corrected chi connectivity index (χ1v) is 6.61. The smallest absolute Gasteiger partial charge is 0.251 e. The maximum absolute atomic E-state index is 11.6. The van der Waals surface area contributed by atoms with Gasteiger partial charge in [-0.25, -0.2) is 9.97 Å². The van der Waals surface area contributed by atoms with Gasteiger partial charge in [0.25, 0.3) is 5.91 Å². The monoisotopic (exact) mass is 291 g/mol. The third-order valence-electron chi connectivity index (χ3n) is 3.19. The van der Waals surface area contributed by atoms with Crippen molar-refractivity contribution in [3.05, 3.63) is 53.5 Å². The van der Waals surface area contributed by atoms with Crippen LogP contribution in [0, 0.1) is 11.8 Å². The van der Waals surface area contributed by atoms with E-state index in [0.717, 1.165) is 11.1 Å². The molecule has 3 rings (SSSR count). The highest BCUT2D eigenvalue weighted by Crippen LogP contribution is 2.19. The van der Waals surface area contributed by atoms with E-state index in [4.69, 9.17) is 5.73 Å². The van der Waals surface area contributed by atoms with Crippen LogP contribution in [0.4, 0.5) is 5.82 Å². The molecule has 2 aromatic heterocycles. The fraction of sp³-hybridized carbons (Fsp3) is 0.0625. The number of nitrogen functional groups attached to an aromatic ring is 1. The van der Waals surface area contributed by atoms with Gasteiger partial charge in [0, 0.05) is 24.4 Å². The molecule has 6 heteroatoms. The molecule has 0 unspecified atom stereocenters. The highest BCUT2D eigenvalue weighted by Gasteiger charge is 2.07. The second-order valence-electron chi connectivity index (χ2n) is 4.59. The molecular formula is C16H13N5O. The van der Waals surface area contributed by atoms with Crippen molar-refractivity contribution in [1.82, 2.24) is 20.3 Å². The molecule has 1 amide bonds. The molecule has 0 atom stereocenters. The molecule has 0 saturated carbocycles. The van der Waals surface area contributed by atoms with Crippen LogP contribution < -0.4 is 11.1 Å². The minimum Gasteiger partial charge on any atom is -0.383 e. The first-order chi connectivity index (χ1) is 10.7. The number of aromatic nitrogens is 3. The van der Waals surface area contributed by atoms with Crippen LogP contribution in [0.15, 0.2) is 36.8 Å². The molecule has 22 heavy (non-hydrogen) atoms. The number of nitrogens with one attached hydrogen (secondary N) is 2. The van der Waals surface area contributed by atoms with Gasteiger partial charge in [0.15, 0.2) is 0 Å². The van der Waals surface area contributed by atoms with Gasteiger partial charge in [-0.3, -0.25) is 4.79 Å². The fourth-order valence-electron chi connectivity index (χ4n) is 2.11. The second-order valence-corrected chi connectivity index (χ2v) is 4.59. The number of H-pyrrole nitrogens is 1. The maximum atomic E-state index is 11.6. The summed E-state index contributed by atoms with van der Waals surface area (Å²) in [6.45, 7) is 0. The Morgan fingerprint density at radius 1 is 1.32 bits per heavy atom. The van der Waals surface area contributed by atoms with Crippen molar-refractivity contribution in [3.63, 3.8) is 0 Å². The standard InChI is InChI=1S/C16H13N5O/c1-18-16(22)11-4-2-3-10(7-11)5-6-12-8-19-15-13(12)14(17)20-9-21-15/h2-4,7-9H,1H3,(H,18,22)(H3,17,19,20,21). The van der Waals surface area contributed by atoms with Gasteiger partial charge in [0.1, 0.15) is 17.8 Å². The lowest BCUT2D eigenvalue weighted by molar-refractivity contribution is 0.0963. The molecule has 0 aliphatic carbocycles. The minimum atomic E-state index is -0.145. The summed E-state index contributed by atoms with van der Waals surface area (Å²) in [5.74, 6) is 6.30. The summed E-state index contributed by atoms with van der Waals surface area (Å²) in [6.07, 6.45) is 3.14. The Kier molecular flexibility index (Phi) is 3.46. The average molecular weight is 291 g/mol. The van der Waals surface area contributed by atoms with Gasteiger partial charge >= 0.3 is 0 Å². The second kappa shape index (κ2) is 5.58. The predicted octanol–water partition coefficient (Wildman–Crippen LogP) is 1.30. The first-order valence-electron chi connectivity index (χ1n) is 6.61. The number of carbonyl (C=O) groups is 1. The SMILES string of the molecule is CNC(=O)c1cccc(C#Cc2c[nH]c3ncnc(N)c23)c1. The van der Waals surface area contributed by atoms with Crippen molar-refractivity contribution >= 4 is 22.8 Å². The highest BCUT2D eigenvalue weighted by molar-refractivity contribution is 5.94. The Morgan fingerprint density at radius 2 is 2.18 bits per heavy atom. The number of amides is 1. The van der Waals surface area contributed by atoms with Gasteiger partial charge < -0.3 is 16.0 Å². The van der Waals surface area contributed by atoms with E-state index < -0.39 is 0 Å². The van der Waals surface area contributed by atoms with Gasteiger partial charge in [-0.1, -0.05) is 17.9 Å². The number of anilines is 1.